The molecule has 3 rings (SSSR count). The van der Waals surface area contributed by atoms with Gasteiger partial charge in [0.15, 0.2) is 6.61 Å². The van der Waals surface area contributed by atoms with E-state index in [-0.39, 0.29) is 18.4 Å². The van der Waals surface area contributed by atoms with E-state index < -0.39 is 0 Å². The molecule has 1 aliphatic heterocycles. The molecule has 0 atom stereocenters. The third-order valence-electron chi connectivity index (χ3n) is 4.15. The second-order valence-corrected chi connectivity index (χ2v) is 5.76. The van der Waals surface area contributed by atoms with Crippen molar-refractivity contribution in [2.24, 2.45) is 5.92 Å². The van der Waals surface area contributed by atoms with Gasteiger partial charge < -0.3 is 15.4 Å². The van der Waals surface area contributed by atoms with Gasteiger partial charge >= 0.3 is 0 Å². The lowest BCUT2D eigenvalue weighted by Crippen LogP contribution is -2.30. The van der Waals surface area contributed by atoms with Crippen LogP contribution in [0.25, 0.3) is 0 Å². The van der Waals surface area contributed by atoms with Crippen LogP contribution in [0.5, 0.6) is 5.75 Å². The Labute approximate surface area is 124 Å². The lowest BCUT2D eigenvalue weighted by atomic mass is 9.89. The number of amides is 2. The van der Waals surface area contributed by atoms with E-state index in [1.54, 1.807) is 18.2 Å². The second-order valence-electron chi connectivity index (χ2n) is 5.76. The molecule has 0 aromatic heterocycles. The molecule has 0 spiro atoms. The van der Waals surface area contributed by atoms with Crippen molar-refractivity contribution < 1.29 is 14.3 Å². The molecule has 112 valence electrons. The first-order chi connectivity index (χ1) is 10.2. The number of hydrogen-bond donors (Lipinski definition) is 2. The van der Waals surface area contributed by atoms with Crippen molar-refractivity contribution in [3.05, 3.63) is 23.8 Å². The Bertz CT molecular complexity index is 550. The van der Waals surface area contributed by atoms with Crippen molar-refractivity contribution in [3.8, 4) is 5.75 Å². The van der Waals surface area contributed by atoms with E-state index in [9.17, 15) is 9.59 Å². The number of carbonyl (C=O) groups excluding carboxylic acids is 2. The molecule has 1 aromatic rings. The smallest absolute Gasteiger partial charge is 0.262 e. The SMILES string of the molecule is O=C1COc2ccc(C(=O)NCC3CCCCC3)cc2N1. The van der Waals surface area contributed by atoms with E-state index in [4.69, 9.17) is 4.74 Å². The Balaban J connectivity index is 1.61. The van der Waals surface area contributed by atoms with Gasteiger partial charge in [-0.2, -0.15) is 0 Å². The van der Waals surface area contributed by atoms with Crippen LogP contribution in [0, 0.1) is 5.92 Å². The summed E-state index contributed by atoms with van der Waals surface area (Å²) in [5.41, 5.74) is 1.12. The van der Waals surface area contributed by atoms with Gasteiger partial charge in [-0.25, -0.2) is 0 Å². The van der Waals surface area contributed by atoms with Crippen molar-refractivity contribution >= 4 is 17.5 Å². The predicted molar refractivity (Wildman–Crippen MR) is 79.5 cm³/mol. The Morgan fingerprint density at radius 2 is 2.10 bits per heavy atom. The van der Waals surface area contributed by atoms with Gasteiger partial charge in [0.05, 0.1) is 5.69 Å². The number of anilines is 1. The van der Waals surface area contributed by atoms with Crippen molar-refractivity contribution in [2.45, 2.75) is 32.1 Å². The molecule has 0 unspecified atom stereocenters. The molecule has 0 saturated heterocycles. The van der Waals surface area contributed by atoms with Gasteiger partial charge in [-0.1, -0.05) is 19.3 Å². The summed E-state index contributed by atoms with van der Waals surface area (Å²) in [6.45, 7) is 0.763. The first kappa shape index (κ1) is 13.9. The molecule has 1 aromatic carbocycles. The zero-order valence-corrected chi connectivity index (χ0v) is 12.0. The minimum atomic E-state index is -0.192. The number of hydrogen-bond acceptors (Lipinski definition) is 3. The predicted octanol–water partition coefficient (Wildman–Crippen LogP) is 2.33. The largest absolute Gasteiger partial charge is 0.482 e. The number of fused-ring (bicyclic) bond motifs is 1. The van der Waals surface area contributed by atoms with Crippen molar-refractivity contribution in [1.82, 2.24) is 5.32 Å². The fourth-order valence-electron chi connectivity index (χ4n) is 2.95. The van der Waals surface area contributed by atoms with Crippen LogP contribution in [-0.4, -0.2) is 25.0 Å². The molecule has 5 nitrogen and oxygen atoms in total. The maximum Gasteiger partial charge on any atom is 0.262 e. The number of nitrogens with one attached hydrogen (secondary N) is 2. The van der Waals surface area contributed by atoms with Crippen molar-refractivity contribution in [2.75, 3.05) is 18.5 Å². The molecule has 0 radical (unpaired) electrons. The maximum absolute atomic E-state index is 12.2. The highest BCUT2D eigenvalue weighted by molar-refractivity contribution is 5.99. The summed E-state index contributed by atoms with van der Waals surface area (Å²) in [4.78, 5) is 23.5. The van der Waals surface area contributed by atoms with Gasteiger partial charge in [-0.05, 0) is 37.0 Å². The van der Waals surface area contributed by atoms with E-state index in [1.165, 1.54) is 32.1 Å². The highest BCUT2D eigenvalue weighted by atomic mass is 16.5. The third-order valence-corrected chi connectivity index (χ3v) is 4.15. The quantitative estimate of drug-likeness (QED) is 0.897. The third kappa shape index (κ3) is 3.35. The summed E-state index contributed by atoms with van der Waals surface area (Å²) < 4.78 is 5.28. The monoisotopic (exact) mass is 288 g/mol. The Hall–Kier alpha value is -2.04. The summed E-state index contributed by atoms with van der Waals surface area (Å²) >= 11 is 0. The molecule has 1 saturated carbocycles. The Morgan fingerprint density at radius 1 is 1.29 bits per heavy atom. The maximum atomic E-state index is 12.2. The fraction of sp³-hybridized carbons (Fsp3) is 0.500. The number of ether oxygens (including phenoxy) is 1. The minimum Gasteiger partial charge on any atom is -0.482 e. The van der Waals surface area contributed by atoms with Crippen LogP contribution in [0.4, 0.5) is 5.69 Å². The van der Waals surface area contributed by atoms with Crippen LogP contribution < -0.4 is 15.4 Å². The van der Waals surface area contributed by atoms with E-state index in [0.29, 0.717) is 22.9 Å². The highest BCUT2D eigenvalue weighted by Gasteiger charge is 2.19. The molecule has 0 bridgehead atoms. The van der Waals surface area contributed by atoms with Crippen molar-refractivity contribution in [1.29, 1.82) is 0 Å². The van der Waals surface area contributed by atoms with Crippen LogP contribution in [0.3, 0.4) is 0 Å². The highest BCUT2D eigenvalue weighted by Crippen LogP contribution is 2.28. The van der Waals surface area contributed by atoms with Gasteiger partial charge in [0.2, 0.25) is 0 Å². The van der Waals surface area contributed by atoms with Crippen LogP contribution in [0.1, 0.15) is 42.5 Å². The number of rotatable bonds is 3. The minimum absolute atomic E-state index is 0.0280. The normalized spacial score (nSPS) is 18.4. The molecule has 5 heteroatoms. The number of carbonyl (C=O) groups is 2. The summed E-state index contributed by atoms with van der Waals surface area (Å²) in [6, 6.07) is 5.12. The fourth-order valence-corrected chi connectivity index (χ4v) is 2.95. The first-order valence-electron chi connectivity index (χ1n) is 7.57. The zero-order chi connectivity index (χ0) is 14.7. The average Bonchev–Trinajstić information content (AvgIpc) is 2.53. The summed E-state index contributed by atoms with van der Waals surface area (Å²) in [6.07, 6.45) is 6.25. The molecule has 2 amide bonds. The lowest BCUT2D eigenvalue weighted by molar-refractivity contribution is -0.118. The Morgan fingerprint density at radius 3 is 2.90 bits per heavy atom. The molecule has 1 fully saturated rings. The van der Waals surface area contributed by atoms with E-state index >= 15 is 0 Å². The first-order valence-corrected chi connectivity index (χ1v) is 7.57. The number of benzene rings is 1. The standard InChI is InChI=1S/C16H20N2O3/c19-15-10-21-14-7-6-12(8-13(14)18-15)16(20)17-9-11-4-2-1-3-5-11/h6-8,11H,1-5,9-10H2,(H,17,20)(H,18,19). The molecule has 2 aliphatic rings. The average molecular weight is 288 g/mol. The van der Waals surface area contributed by atoms with Gasteiger partial charge in [-0.15, -0.1) is 0 Å². The van der Waals surface area contributed by atoms with E-state index in [0.717, 1.165) is 6.54 Å². The topological polar surface area (TPSA) is 67.4 Å². The van der Waals surface area contributed by atoms with Gasteiger partial charge in [0.1, 0.15) is 5.75 Å². The summed E-state index contributed by atoms with van der Waals surface area (Å²) in [5.74, 6) is 0.923. The molecule has 2 N–H and O–H groups in total. The molecule has 1 aliphatic carbocycles. The van der Waals surface area contributed by atoms with Crippen LogP contribution in [0.2, 0.25) is 0 Å². The zero-order valence-electron chi connectivity index (χ0n) is 12.0. The lowest BCUT2D eigenvalue weighted by Gasteiger charge is -2.22. The second kappa shape index (κ2) is 6.16. The Kier molecular flexibility index (Phi) is 4.08. The molecular weight excluding hydrogens is 268 g/mol. The van der Waals surface area contributed by atoms with Gasteiger partial charge in [-0.3, -0.25) is 9.59 Å². The molecule has 1 heterocycles. The van der Waals surface area contributed by atoms with Gasteiger partial charge in [0.25, 0.3) is 11.8 Å². The molecular formula is C16H20N2O3. The van der Waals surface area contributed by atoms with Gasteiger partial charge in [0, 0.05) is 12.1 Å². The van der Waals surface area contributed by atoms with Crippen LogP contribution >= 0.6 is 0 Å². The van der Waals surface area contributed by atoms with E-state index in [2.05, 4.69) is 10.6 Å². The summed E-state index contributed by atoms with van der Waals surface area (Å²) in [7, 11) is 0. The van der Waals surface area contributed by atoms with Crippen LogP contribution in [-0.2, 0) is 4.79 Å². The van der Waals surface area contributed by atoms with Crippen LogP contribution in [0.15, 0.2) is 18.2 Å². The summed E-state index contributed by atoms with van der Waals surface area (Å²) in [5, 5.41) is 5.71. The van der Waals surface area contributed by atoms with Crippen molar-refractivity contribution in [3.63, 3.8) is 0 Å². The molecule has 21 heavy (non-hydrogen) atoms. The van der Waals surface area contributed by atoms with E-state index in [1.807, 2.05) is 0 Å².